The van der Waals surface area contributed by atoms with Gasteiger partial charge in [-0.05, 0) is 41.8 Å². The average Bonchev–Trinajstić information content (AvgIpc) is 2.85. The maximum absolute atomic E-state index is 12.5. The van der Waals surface area contributed by atoms with Gasteiger partial charge >= 0.3 is 11.9 Å². The Morgan fingerprint density at radius 1 is 0.844 bits per heavy atom. The van der Waals surface area contributed by atoms with Crippen molar-refractivity contribution >= 4 is 35.1 Å². The van der Waals surface area contributed by atoms with Crippen LogP contribution in [-0.4, -0.2) is 38.4 Å². The van der Waals surface area contributed by atoms with Crippen LogP contribution in [0, 0.1) is 5.41 Å². The second kappa shape index (κ2) is 13.3. The highest BCUT2D eigenvalue weighted by molar-refractivity contribution is 6.17. The van der Waals surface area contributed by atoms with E-state index in [4.69, 9.17) is 37.4 Å². The Bertz CT molecular complexity index is 815. The fourth-order valence-electron chi connectivity index (χ4n) is 2.85. The zero-order valence-corrected chi connectivity index (χ0v) is 19.7. The molecule has 7 heteroatoms. The second-order valence-electron chi connectivity index (χ2n) is 7.47. The molecule has 0 radical (unpaired) electrons. The third kappa shape index (κ3) is 7.66. The molecule has 0 fully saturated rings. The highest BCUT2D eigenvalue weighted by Gasteiger charge is 2.33. The molecule has 0 unspecified atom stereocenters. The monoisotopic (exact) mass is 478 g/mol. The van der Waals surface area contributed by atoms with Crippen molar-refractivity contribution in [2.24, 2.45) is 5.41 Å². The molecule has 0 atom stereocenters. The van der Waals surface area contributed by atoms with E-state index in [0.29, 0.717) is 35.9 Å². The minimum Gasteiger partial charge on any atom is -0.461 e. The molecule has 0 aliphatic carbocycles. The van der Waals surface area contributed by atoms with Gasteiger partial charge in [0, 0.05) is 11.8 Å². The van der Waals surface area contributed by atoms with E-state index in [1.807, 2.05) is 6.92 Å². The number of halogens is 2. The molecule has 172 valence electrons. The Hall–Kier alpha value is -2.34. The van der Waals surface area contributed by atoms with Crippen LogP contribution in [0.15, 0.2) is 61.2 Å². The molecule has 0 spiro atoms. The Labute approximate surface area is 199 Å². The van der Waals surface area contributed by atoms with Crippen LogP contribution >= 0.6 is 23.2 Å². The van der Waals surface area contributed by atoms with Crippen molar-refractivity contribution in [3.05, 3.63) is 83.4 Å². The molecule has 0 saturated carbocycles. The summed E-state index contributed by atoms with van der Waals surface area (Å²) in [6.45, 7) is 6.23. The molecule has 0 heterocycles. The molecule has 0 amide bonds. The minimum atomic E-state index is -0.694. The summed E-state index contributed by atoms with van der Waals surface area (Å²) < 4.78 is 16.8. The van der Waals surface area contributed by atoms with Crippen molar-refractivity contribution in [1.82, 2.24) is 0 Å². The van der Waals surface area contributed by atoms with Gasteiger partial charge in [0.05, 0.1) is 29.8 Å². The topological polar surface area (TPSA) is 61.8 Å². The van der Waals surface area contributed by atoms with Crippen LogP contribution in [0.3, 0.4) is 0 Å². The molecule has 0 N–H and O–H groups in total. The Kier molecular flexibility index (Phi) is 10.7. The largest absolute Gasteiger partial charge is 0.461 e. The van der Waals surface area contributed by atoms with Crippen LogP contribution in [-0.2, 0) is 26.0 Å². The third-order valence-corrected chi connectivity index (χ3v) is 5.72. The number of hydrogen-bond acceptors (Lipinski definition) is 5. The first-order valence-corrected chi connectivity index (χ1v) is 11.4. The van der Waals surface area contributed by atoms with Gasteiger partial charge in [0.2, 0.25) is 0 Å². The zero-order valence-electron chi connectivity index (χ0n) is 18.2. The molecule has 0 aromatic heterocycles. The van der Waals surface area contributed by atoms with Crippen molar-refractivity contribution in [2.75, 3.05) is 26.4 Å². The quantitative estimate of drug-likeness (QED) is 0.158. The molecule has 32 heavy (non-hydrogen) atoms. The summed E-state index contributed by atoms with van der Waals surface area (Å²) in [6.07, 6.45) is 2.20. The maximum atomic E-state index is 12.5. The Morgan fingerprint density at radius 2 is 1.28 bits per heavy atom. The van der Waals surface area contributed by atoms with Gasteiger partial charge in [0.25, 0.3) is 0 Å². The van der Waals surface area contributed by atoms with E-state index in [-0.39, 0.29) is 19.8 Å². The fourth-order valence-corrected chi connectivity index (χ4v) is 3.21. The van der Waals surface area contributed by atoms with E-state index < -0.39 is 17.4 Å². The number of carbonyl (C=O) groups excluding carboxylic acids is 2. The Balaban J connectivity index is 2.05. The highest BCUT2D eigenvalue weighted by atomic mass is 35.5. The zero-order chi connectivity index (χ0) is 23.4. The molecule has 2 rings (SSSR count). The first-order chi connectivity index (χ1) is 15.5. The van der Waals surface area contributed by atoms with E-state index in [2.05, 4.69) is 6.58 Å². The number of rotatable bonds is 13. The van der Waals surface area contributed by atoms with E-state index in [9.17, 15) is 9.59 Å². The van der Waals surface area contributed by atoms with Crippen molar-refractivity contribution < 1.29 is 23.8 Å². The second-order valence-corrected chi connectivity index (χ2v) is 8.01. The lowest BCUT2D eigenvalue weighted by Crippen LogP contribution is -2.38. The third-order valence-electron chi connectivity index (χ3n) is 5.10. The maximum Gasteiger partial charge on any atom is 0.338 e. The van der Waals surface area contributed by atoms with Crippen molar-refractivity contribution in [1.29, 1.82) is 0 Å². The lowest BCUT2D eigenvalue weighted by atomic mass is 9.88. The number of alkyl halides is 2. The first kappa shape index (κ1) is 25.9. The van der Waals surface area contributed by atoms with Gasteiger partial charge in [-0.2, -0.15) is 0 Å². The van der Waals surface area contributed by atoms with Crippen molar-refractivity contribution in [3.63, 3.8) is 0 Å². The molecule has 0 bridgehead atoms. The predicted octanol–water partition coefficient (Wildman–Crippen LogP) is 5.78. The number of hydrogen-bond donors (Lipinski definition) is 0. The van der Waals surface area contributed by atoms with Gasteiger partial charge < -0.3 is 14.2 Å². The number of esters is 2. The summed E-state index contributed by atoms with van der Waals surface area (Å²) in [5.41, 5.74) is 1.98. The SMILES string of the molecule is C=CCOCC(CC)(COC(=O)c1ccc(CCl)cc1)COC(=O)c1ccc(CCl)cc1. The summed E-state index contributed by atoms with van der Waals surface area (Å²) in [6, 6.07) is 13.8. The van der Waals surface area contributed by atoms with Crippen LogP contribution < -0.4 is 0 Å². The van der Waals surface area contributed by atoms with Gasteiger partial charge in [-0.1, -0.05) is 37.3 Å². The van der Waals surface area contributed by atoms with Crippen molar-refractivity contribution in [3.8, 4) is 0 Å². The number of carbonyl (C=O) groups is 2. The highest BCUT2D eigenvalue weighted by Crippen LogP contribution is 2.25. The molecule has 0 aliphatic rings. The fraction of sp³-hybridized carbons (Fsp3) is 0.360. The van der Waals surface area contributed by atoms with E-state index >= 15 is 0 Å². The molecular formula is C25H28Cl2O5. The predicted molar refractivity (Wildman–Crippen MR) is 126 cm³/mol. The summed E-state index contributed by atoms with van der Waals surface area (Å²) >= 11 is 11.6. The van der Waals surface area contributed by atoms with Crippen LogP contribution in [0.1, 0.15) is 45.2 Å². The van der Waals surface area contributed by atoms with E-state index in [1.54, 1.807) is 54.6 Å². The summed E-state index contributed by atoms with van der Waals surface area (Å²) in [7, 11) is 0. The first-order valence-electron chi connectivity index (χ1n) is 10.3. The smallest absolute Gasteiger partial charge is 0.338 e. The van der Waals surface area contributed by atoms with Gasteiger partial charge in [-0.25, -0.2) is 9.59 Å². The minimum absolute atomic E-state index is 0.0369. The van der Waals surface area contributed by atoms with Gasteiger partial charge in [0.1, 0.15) is 13.2 Å². The standard InChI is InChI=1S/C25H28Cl2O5/c1-3-13-30-16-25(4-2,17-31-23(28)21-9-5-19(14-26)6-10-21)18-32-24(29)22-11-7-20(15-27)8-12-22/h3,5-12H,1,4,13-18H2,2H3. The molecule has 2 aromatic rings. The summed E-state index contributed by atoms with van der Waals surface area (Å²) in [5, 5.41) is 0. The van der Waals surface area contributed by atoms with Crippen LogP contribution in [0.5, 0.6) is 0 Å². The summed E-state index contributed by atoms with van der Waals surface area (Å²) in [5.74, 6) is -0.185. The molecule has 0 aliphatic heterocycles. The van der Waals surface area contributed by atoms with Crippen molar-refractivity contribution in [2.45, 2.75) is 25.1 Å². The van der Waals surface area contributed by atoms with Gasteiger partial charge in [-0.15, -0.1) is 29.8 Å². The molecule has 0 saturated heterocycles. The van der Waals surface area contributed by atoms with Crippen LogP contribution in [0.25, 0.3) is 0 Å². The van der Waals surface area contributed by atoms with E-state index in [1.165, 1.54) is 0 Å². The van der Waals surface area contributed by atoms with Gasteiger partial charge in [0.15, 0.2) is 0 Å². The molecular weight excluding hydrogens is 451 g/mol. The molecule has 5 nitrogen and oxygen atoms in total. The lowest BCUT2D eigenvalue weighted by molar-refractivity contribution is -0.0443. The van der Waals surface area contributed by atoms with Gasteiger partial charge in [-0.3, -0.25) is 0 Å². The average molecular weight is 479 g/mol. The lowest BCUT2D eigenvalue weighted by Gasteiger charge is -2.31. The number of ether oxygens (including phenoxy) is 3. The number of benzene rings is 2. The normalized spacial score (nSPS) is 11.1. The van der Waals surface area contributed by atoms with Crippen LogP contribution in [0.2, 0.25) is 0 Å². The van der Waals surface area contributed by atoms with E-state index in [0.717, 1.165) is 11.1 Å². The Morgan fingerprint density at radius 3 is 1.62 bits per heavy atom. The molecule has 2 aromatic carbocycles. The summed E-state index contributed by atoms with van der Waals surface area (Å²) in [4.78, 5) is 25.1. The van der Waals surface area contributed by atoms with Crippen LogP contribution in [0.4, 0.5) is 0 Å².